The number of aromatic amines is 1. The molecule has 4 heterocycles. The molecule has 30 heavy (non-hydrogen) atoms. The van der Waals surface area contributed by atoms with E-state index in [0.717, 1.165) is 25.7 Å². The van der Waals surface area contributed by atoms with Crippen molar-refractivity contribution in [2.24, 2.45) is 0 Å². The normalized spacial score (nSPS) is 15.0. The molecule has 1 aliphatic rings. The summed E-state index contributed by atoms with van der Waals surface area (Å²) in [5.41, 5.74) is 1.31. The Morgan fingerprint density at radius 1 is 1.20 bits per heavy atom. The molecular formula is C21H26N6O3. The zero-order valence-corrected chi connectivity index (χ0v) is 17.0. The van der Waals surface area contributed by atoms with Crippen LogP contribution >= 0.6 is 0 Å². The fourth-order valence-electron chi connectivity index (χ4n) is 3.93. The molecular weight excluding hydrogens is 384 g/mol. The summed E-state index contributed by atoms with van der Waals surface area (Å²) in [6.07, 6.45) is 5.30. The maximum atomic E-state index is 12.6. The molecule has 0 bridgehead atoms. The van der Waals surface area contributed by atoms with Crippen LogP contribution in [0.15, 0.2) is 35.3 Å². The van der Waals surface area contributed by atoms with Crippen molar-refractivity contribution in [2.75, 3.05) is 24.6 Å². The third kappa shape index (κ3) is 3.80. The van der Waals surface area contributed by atoms with E-state index in [-0.39, 0.29) is 24.2 Å². The molecule has 0 radical (unpaired) electrons. The quantitative estimate of drug-likeness (QED) is 0.510. The van der Waals surface area contributed by atoms with E-state index in [9.17, 15) is 9.59 Å². The van der Waals surface area contributed by atoms with Crippen LogP contribution in [-0.4, -0.2) is 56.3 Å². The minimum absolute atomic E-state index is 0.160. The first-order valence-electron chi connectivity index (χ1n) is 10.3. The van der Waals surface area contributed by atoms with Crippen LogP contribution in [0.1, 0.15) is 43.0 Å². The summed E-state index contributed by atoms with van der Waals surface area (Å²) >= 11 is 0. The molecule has 0 fully saturated rings. The molecule has 158 valence electrons. The van der Waals surface area contributed by atoms with Gasteiger partial charge in [-0.25, -0.2) is 19.3 Å². The van der Waals surface area contributed by atoms with Crippen LogP contribution in [0.25, 0.3) is 17.0 Å². The largest absolute Gasteiger partial charge is 0.396 e. The maximum absolute atomic E-state index is 12.6. The number of imidazole rings is 1. The van der Waals surface area contributed by atoms with Gasteiger partial charge in [0, 0.05) is 31.9 Å². The number of pyridine rings is 2. The van der Waals surface area contributed by atoms with E-state index in [1.807, 2.05) is 6.07 Å². The SMILES string of the molecule is CC(CCCCCO)N1CCNC(=O)c2ccc(-n3c(=O)[nH]c4ncccc43)nc21. The fraction of sp³-hybridized carbons (Fsp3) is 0.429. The van der Waals surface area contributed by atoms with Crippen molar-refractivity contribution in [3.63, 3.8) is 0 Å². The first-order chi connectivity index (χ1) is 14.6. The van der Waals surface area contributed by atoms with Crippen LogP contribution in [0.3, 0.4) is 0 Å². The lowest BCUT2D eigenvalue weighted by molar-refractivity contribution is 0.0957. The van der Waals surface area contributed by atoms with Crippen molar-refractivity contribution in [1.29, 1.82) is 0 Å². The zero-order chi connectivity index (χ0) is 21.1. The summed E-state index contributed by atoms with van der Waals surface area (Å²) in [7, 11) is 0. The van der Waals surface area contributed by atoms with Gasteiger partial charge in [-0.3, -0.25) is 9.78 Å². The van der Waals surface area contributed by atoms with Crippen LogP contribution in [0.4, 0.5) is 5.82 Å². The highest BCUT2D eigenvalue weighted by atomic mass is 16.3. The third-order valence-corrected chi connectivity index (χ3v) is 5.51. The van der Waals surface area contributed by atoms with E-state index in [0.29, 0.717) is 41.5 Å². The number of H-pyrrole nitrogens is 1. The molecule has 0 aromatic carbocycles. The number of nitrogens with zero attached hydrogens (tertiary/aromatic N) is 4. The Kier molecular flexibility index (Phi) is 5.80. The van der Waals surface area contributed by atoms with E-state index in [1.165, 1.54) is 4.57 Å². The lowest BCUT2D eigenvalue weighted by Crippen LogP contribution is -2.37. The lowest BCUT2D eigenvalue weighted by atomic mass is 10.1. The molecule has 9 heteroatoms. The van der Waals surface area contributed by atoms with Gasteiger partial charge in [-0.2, -0.15) is 0 Å². The van der Waals surface area contributed by atoms with Gasteiger partial charge in [-0.15, -0.1) is 0 Å². The number of unbranched alkanes of at least 4 members (excludes halogenated alkanes) is 2. The molecule has 0 spiro atoms. The number of amides is 1. The van der Waals surface area contributed by atoms with E-state index in [2.05, 4.69) is 27.1 Å². The summed E-state index contributed by atoms with van der Waals surface area (Å²) in [6.45, 7) is 3.50. The number of aliphatic hydroxyl groups is 1. The molecule has 1 atom stereocenters. The number of carbonyl (C=O) groups is 1. The van der Waals surface area contributed by atoms with Gasteiger partial charge in [-0.1, -0.05) is 12.8 Å². The molecule has 1 unspecified atom stereocenters. The average Bonchev–Trinajstić information content (AvgIpc) is 2.99. The Morgan fingerprint density at radius 3 is 2.90 bits per heavy atom. The third-order valence-electron chi connectivity index (χ3n) is 5.51. The highest BCUT2D eigenvalue weighted by molar-refractivity contribution is 5.99. The van der Waals surface area contributed by atoms with Crippen LogP contribution in [0.5, 0.6) is 0 Å². The molecule has 1 amide bonds. The van der Waals surface area contributed by atoms with Gasteiger partial charge in [0.25, 0.3) is 5.91 Å². The summed E-state index contributed by atoms with van der Waals surface area (Å²) in [6, 6.07) is 7.16. The van der Waals surface area contributed by atoms with Crippen LogP contribution < -0.4 is 15.9 Å². The number of hydrogen-bond donors (Lipinski definition) is 3. The van der Waals surface area contributed by atoms with Crippen molar-refractivity contribution in [3.05, 3.63) is 46.5 Å². The van der Waals surface area contributed by atoms with Crippen molar-refractivity contribution in [1.82, 2.24) is 24.8 Å². The van der Waals surface area contributed by atoms with Gasteiger partial charge >= 0.3 is 5.69 Å². The number of anilines is 1. The monoisotopic (exact) mass is 410 g/mol. The van der Waals surface area contributed by atoms with Gasteiger partial charge in [0.1, 0.15) is 11.6 Å². The number of nitrogens with one attached hydrogen (secondary N) is 2. The average molecular weight is 410 g/mol. The van der Waals surface area contributed by atoms with E-state index in [1.54, 1.807) is 24.4 Å². The summed E-state index contributed by atoms with van der Waals surface area (Å²) < 4.78 is 1.48. The Bertz CT molecular complexity index is 1110. The first-order valence-corrected chi connectivity index (χ1v) is 10.3. The molecule has 3 aromatic heterocycles. The molecule has 0 aliphatic carbocycles. The Labute approximate surface area is 173 Å². The maximum Gasteiger partial charge on any atom is 0.333 e. The van der Waals surface area contributed by atoms with Gasteiger partial charge < -0.3 is 15.3 Å². The van der Waals surface area contributed by atoms with Crippen molar-refractivity contribution >= 4 is 22.9 Å². The van der Waals surface area contributed by atoms with Gasteiger partial charge in [0.2, 0.25) is 0 Å². The number of aromatic nitrogens is 4. The summed E-state index contributed by atoms with van der Waals surface area (Å²) in [4.78, 5) is 39.0. The molecule has 3 aromatic rings. The van der Waals surface area contributed by atoms with Gasteiger partial charge in [-0.05, 0) is 44.0 Å². The number of hydrogen-bond acceptors (Lipinski definition) is 6. The second-order valence-corrected chi connectivity index (χ2v) is 7.55. The smallest absolute Gasteiger partial charge is 0.333 e. The van der Waals surface area contributed by atoms with Gasteiger partial charge in [0.15, 0.2) is 5.65 Å². The molecule has 0 saturated carbocycles. The second-order valence-electron chi connectivity index (χ2n) is 7.55. The molecule has 1 aliphatic heterocycles. The summed E-state index contributed by atoms with van der Waals surface area (Å²) in [5, 5.41) is 11.9. The topological polar surface area (TPSA) is 116 Å². The zero-order valence-electron chi connectivity index (χ0n) is 17.0. The number of rotatable bonds is 7. The van der Waals surface area contributed by atoms with Crippen molar-refractivity contribution in [3.8, 4) is 5.82 Å². The standard InChI is InChI=1S/C21H26N6O3/c1-14(6-3-2-4-13-28)26-12-11-23-20(29)15-8-9-17(24-19(15)26)27-16-7-5-10-22-18(16)25-21(27)30/h5,7-10,14,28H,2-4,6,11-13H2,1H3,(H,23,29)(H,22,25,30). The van der Waals surface area contributed by atoms with E-state index in [4.69, 9.17) is 10.1 Å². The highest BCUT2D eigenvalue weighted by Crippen LogP contribution is 2.26. The predicted octanol–water partition coefficient (Wildman–Crippen LogP) is 1.60. The predicted molar refractivity (Wildman–Crippen MR) is 114 cm³/mol. The van der Waals surface area contributed by atoms with Gasteiger partial charge in [0.05, 0.1) is 11.1 Å². The van der Waals surface area contributed by atoms with Crippen molar-refractivity contribution in [2.45, 2.75) is 38.6 Å². The number of aliphatic hydroxyl groups excluding tert-OH is 1. The van der Waals surface area contributed by atoms with E-state index < -0.39 is 0 Å². The first kappa shape index (κ1) is 20.1. The number of fused-ring (bicyclic) bond motifs is 2. The van der Waals surface area contributed by atoms with Crippen LogP contribution in [0.2, 0.25) is 0 Å². The second kappa shape index (κ2) is 8.66. The molecule has 3 N–H and O–H groups in total. The summed E-state index contributed by atoms with van der Waals surface area (Å²) in [5.74, 6) is 0.874. The molecule has 0 saturated heterocycles. The van der Waals surface area contributed by atoms with E-state index >= 15 is 0 Å². The molecule has 4 rings (SSSR count). The Hall–Kier alpha value is -3.20. The highest BCUT2D eigenvalue weighted by Gasteiger charge is 2.26. The van der Waals surface area contributed by atoms with Crippen molar-refractivity contribution < 1.29 is 9.90 Å². The Balaban J connectivity index is 1.73. The minimum atomic E-state index is -0.321. The fourth-order valence-corrected chi connectivity index (χ4v) is 3.93. The lowest BCUT2D eigenvalue weighted by Gasteiger charge is -2.30. The minimum Gasteiger partial charge on any atom is -0.396 e. The Morgan fingerprint density at radius 2 is 2.07 bits per heavy atom. The van der Waals surface area contributed by atoms with Crippen LogP contribution in [-0.2, 0) is 0 Å². The number of carbonyl (C=O) groups excluding carboxylic acids is 1. The van der Waals surface area contributed by atoms with Crippen LogP contribution in [0, 0.1) is 0 Å². The molecule has 9 nitrogen and oxygen atoms in total.